The molecular formula is C22H31N3O2. The summed E-state index contributed by atoms with van der Waals surface area (Å²) in [6, 6.07) is 8.66. The molecule has 2 heterocycles. The van der Waals surface area contributed by atoms with Crippen LogP contribution in [0.1, 0.15) is 71.3 Å². The number of benzene rings is 1. The normalized spacial score (nSPS) is 17.9. The van der Waals surface area contributed by atoms with Crippen LogP contribution in [0.25, 0.3) is 11.4 Å². The number of likely N-dealkylation sites (tertiary alicyclic amines) is 1. The van der Waals surface area contributed by atoms with Crippen molar-refractivity contribution in [3.63, 3.8) is 0 Å². The van der Waals surface area contributed by atoms with E-state index in [0.717, 1.165) is 31.4 Å². The van der Waals surface area contributed by atoms with Crippen molar-refractivity contribution < 1.29 is 9.32 Å². The van der Waals surface area contributed by atoms with Crippen LogP contribution in [0.5, 0.6) is 0 Å². The molecular weight excluding hydrogens is 338 g/mol. The largest absolute Gasteiger partial charge is 0.340 e. The first-order chi connectivity index (χ1) is 12.9. The van der Waals surface area contributed by atoms with Crippen LogP contribution < -0.4 is 0 Å². The fourth-order valence-electron chi connectivity index (χ4n) is 3.70. The average Bonchev–Trinajstić information content (AvgIpc) is 3.14. The highest BCUT2D eigenvalue weighted by Gasteiger charge is 2.25. The van der Waals surface area contributed by atoms with E-state index in [4.69, 9.17) is 4.52 Å². The van der Waals surface area contributed by atoms with Gasteiger partial charge in [0.05, 0.1) is 0 Å². The first-order valence-corrected chi connectivity index (χ1v) is 10.1. The Bertz CT molecular complexity index is 759. The Labute approximate surface area is 162 Å². The predicted octanol–water partition coefficient (Wildman–Crippen LogP) is 4.76. The maximum absolute atomic E-state index is 12.6. The van der Waals surface area contributed by atoms with Crippen LogP contribution in [0.15, 0.2) is 28.8 Å². The molecule has 0 saturated carbocycles. The molecule has 1 aliphatic rings. The van der Waals surface area contributed by atoms with Gasteiger partial charge in [-0.3, -0.25) is 4.79 Å². The number of hydrogen-bond acceptors (Lipinski definition) is 4. The fraction of sp³-hybridized carbons (Fsp3) is 0.591. The summed E-state index contributed by atoms with van der Waals surface area (Å²) in [5, 5.41) is 4.09. The summed E-state index contributed by atoms with van der Waals surface area (Å²) < 4.78 is 5.38. The van der Waals surface area contributed by atoms with Crippen molar-refractivity contribution in [2.45, 2.75) is 77.7 Å². The summed E-state index contributed by atoms with van der Waals surface area (Å²) in [6.45, 7) is 9.61. The maximum atomic E-state index is 12.6. The number of amides is 1. The molecule has 0 bridgehead atoms. The van der Waals surface area contributed by atoms with Crippen molar-refractivity contribution in [1.82, 2.24) is 15.0 Å². The number of aromatic nitrogens is 2. The Kier molecular flexibility index (Phi) is 5.98. The van der Waals surface area contributed by atoms with Crippen LogP contribution in [0, 0.1) is 0 Å². The first-order valence-electron chi connectivity index (χ1n) is 10.1. The van der Waals surface area contributed by atoms with Gasteiger partial charge in [-0.1, -0.05) is 57.1 Å². The Balaban J connectivity index is 1.60. The molecule has 1 saturated heterocycles. The molecule has 0 N–H and O–H groups in total. The van der Waals surface area contributed by atoms with E-state index in [2.05, 4.69) is 50.0 Å². The zero-order chi connectivity index (χ0) is 19.4. The highest BCUT2D eigenvalue weighted by Crippen LogP contribution is 2.25. The summed E-state index contributed by atoms with van der Waals surface area (Å²) in [7, 11) is 0. The van der Waals surface area contributed by atoms with E-state index in [0.29, 0.717) is 30.6 Å². The van der Waals surface area contributed by atoms with Gasteiger partial charge in [-0.15, -0.1) is 0 Å². The highest BCUT2D eigenvalue weighted by molar-refractivity contribution is 5.76. The molecule has 0 aliphatic carbocycles. The molecule has 146 valence electrons. The molecule has 1 fully saturated rings. The molecule has 1 amide bonds. The van der Waals surface area contributed by atoms with Crippen molar-refractivity contribution in [1.29, 1.82) is 0 Å². The van der Waals surface area contributed by atoms with Crippen LogP contribution in [0.3, 0.4) is 0 Å². The second kappa shape index (κ2) is 8.24. The number of aryl methyl sites for hydroxylation is 1. The number of rotatable bonds is 5. The minimum absolute atomic E-state index is 0.117. The van der Waals surface area contributed by atoms with Crippen LogP contribution in [-0.4, -0.2) is 33.5 Å². The molecule has 2 aromatic rings. The van der Waals surface area contributed by atoms with Gasteiger partial charge >= 0.3 is 0 Å². The van der Waals surface area contributed by atoms with Crippen molar-refractivity contribution >= 4 is 5.91 Å². The minimum atomic E-state index is 0.117. The molecule has 27 heavy (non-hydrogen) atoms. The average molecular weight is 370 g/mol. The van der Waals surface area contributed by atoms with Crippen molar-refractivity contribution in [2.75, 3.05) is 6.54 Å². The van der Waals surface area contributed by atoms with E-state index in [1.165, 1.54) is 12.0 Å². The monoisotopic (exact) mass is 369 g/mol. The van der Waals surface area contributed by atoms with Gasteiger partial charge in [-0.25, -0.2) is 0 Å². The molecule has 1 aromatic carbocycles. The van der Waals surface area contributed by atoms with Gasteiger partial charge < -0.3 is 9.42 Å². The third kappa shape index (κ3) is 4.76. The molecule has 1 aromatic heterocycles. The summed E-state index contributed by atoms with van der Waals surface area (Å²) in [4.78, 5) is 19.1. The van der Waals surface area contributed by atoms with Crippen LogP contribution in [0.4, 0.5) is 0 Å². The lowest BCUT2D eigenvalue weighted by Crippen LogP contribution is -2.43. The number of hydrogen-bond donors (Lipinski definition) is 0. The summed E-state index contributed by atoms with van der Waals surface area (Å²) >= 11 is 0. The summed E-state index contributed by atoms with van der Waals surface area (Å²) in [5.74, 6) is 1.32. The molecule has 0 spiro atoms. The van der Waals surface area contributed by atoms with E-state index >= 15 is 0 Å². The number of carbonyl (C=O) groups excluding carboxylic acids is 1. The SMILES string of the molecule is CCC1CCCCN1C(=O)CCc1nc(-c2ccc(C(C)(C)C)cc2)no1. The second-order valence-electron chi connectivity index (χ2n) is 8.48. The van der Waals surface area contributed by atoms with E-state index in [1.54, 1.807) is 0 Å². The van der Waals surface area contributed by atoms with Gasteiger partial charge in [-0.05, 0) is 36.7 Å². The molecule has 1 unspecified atom stereocenters. The number of piperidine rings is 1. The Hall–Kier alpha value is -2.17. The lowest BCUT2D eigenvalue weighted by Gasteiger charge is -2.35. The highest BCUT2D eigenvalue weighted by atomic mass is 16.5. The summed E-state index contributed by atoms with van der Waals surface area (Å²) in [5.41, 5.74) is 2.32. The second-order valence-corrected chi connectivity index (χ2v) is 8.48. The van der Waals surface area contributed by atoms with E-state index < -0.39 is 0 Å². The van der Waals surface area contributed by atoms with Gasteiger partial charge in [0.1, 0.15) is 0 Å². The van der Waals surface area contributed by atoms with Gasteiger partial charge in [0.25, 0.3) is 0 Å². The summed E-state index contributed by atoms with van der Waals surface area (Å²) in [6.07, 6.45) is 5.42. The topological polar surface area (TPSA) is 59.2 Å². The predicted molar refractivity (Wildman–Crippen MR) is 106 cm³/mol. The molecule has 1 aliphatic heterocycles. The number of nitrogens with zero attached hydrogens (tertiary/aromatic N) is 3. The van der Waals surface area contributed by atoms with Crippen molar-refractivity contribution in [3.8, 4) is 11.4 Å². The van der Waals surface area contributed by atoms with Gasteiger partial charge in [0.15, 0.2) is 0 Å². The van der Waals surface area contributed by atoms with Gasteiger partial charge in [-0.2, -0.15) is 4.98 Å². The molecule has 3 rings (SSSR count). The van der Waals surface area contributed by atoms with Crippen molar-refractivity contribution in [2.24, 2.45) is 0 Å². The quantitative estimate of drug-likeness (QED) is 0.762. The van der Waals surface area contributed by atoms with Crippen LogP contribution >= 0.6 is 0 Å². The smallest absolute Gasteiger partial charge is 0.227 e. The van der Waals surface area contributed by atoms with Gasteiger partial charge in [0, 0.05) is 31.0 Å². The van der Waals surface area contributed by atoms with E-state index in [9.17, 15) is 4.79 Å². The van der Waals surface area contributed by atoms with E-state index in [-0.39, 0.29) is 11.3 Å². The Morgan fingerprint density at radius 1 is 1.22 bits per heavy atom. The first kappa shape index (κ1) is 19.6. The zero-order valence-electron chi connectivity index (χ0n) is 17.0. The lowest BCUT2D eigenvalue weighted by atomic mass is 9.87. The minimum Gasteiger partial charge on any atom is -0.340 e. The van der Waals surface area contributed by atoms with Crippen LogP contribution in [-0.2, 0) is 16.6 Å². The Morgan fingerprint density at radius 2 is 1.96 bits per heavy atom. The Morgan fingerprint density at radius 3 is 2.63 bits per heavy atom. The maximum Gasteiger partial charge on any atom is 0.227 e. The fourth-order valence-corrected chi connectivity index (χ4v) is 3.70. The molecule has 1 atom stereocenters. The third-order valence-corrected chi connectivity index (χ3v) is 5.45. The number of carbonyl (C=O) groups is 1. The van der Waals surface area contributed by atoms with Crippen LogP contribution in [0.2, 0.25) is 0 Å². The standard InChI is InChI=1S/C22H31N3O2/c1-5-18-8-6-7-15-25(18)20(26)14-13-19-23-21(24-27-19)16-9-11-17(12-10-16)22(2,3)4/h9-12,18H,5-8,13-15H2,1-4H3. The van der Waals surface area contributed by atoms with Crippen molar-refractivity contribution in [3.05, 3.63) is 35.7 Å². The lowest BCUT2D eigenvalue weighted by molar-refractivity contribution is -0.135. The zero-order valence-corrected chi connectivity index (χ0v) is 17.0. The molecule has 0 radical (unpaired) electrons. The molecule has 5 heteroatoms. The molecule has 5 nitrogen and oxygen atoms in total. The third-order valence-electron chi connectivity index (χ3n) is 5.45. The van der Waals surface area contributed by atoms with Gasteiger partial charge in [0.2, 0.25) is 17.6 Å². The van der Waals surface area contributed by atoms with E-state index in [1.807, 2.05) is 17.0 Å².